The highest BCUT2D eigenvalue weighted by atomic mass is 16.5. The highest BCUT2D eigenvalue weighted by Gasteiger charge is 2.16. The molecule has 4 aromatic rings. The average molecular weight is 428 g/mol. The molecule has 162 valence electrons. The zero-order valence-electron chi connectivity index (χ0n) is 18.1. The topological polar surface area (TPSA) is 81.4 Å². The Hall–Kier alpha value is -3.93. The van der Waals surface area contributed by atoms with Gasteiger partial charge in [0.15, 0.2) is 6.61 Å². The van der Waals surface area contributed by atoms with Gasteiger partial charge in [-0.1, -0.05) is 30.3 Å². The third-order valence-corrected chi connectivity index (χ3v) is 5.48. The van der Waals surface area contributed by atoms with Gasteiger partial charge in [-0.3, -0.25) is 9.78 Å². The number of carbonyl (C=O) groups is 1. The molecule has 0 saturated heterocycles. The summed E-state index contributed by atoms with van der Waals surface area (Å²) in [6.07, 6.45) is 3.87. The summed E-state index contributed by atoms with van der Waals surface area (Å²) in [4.78, 5) is 28.9. The molecule has 0 unspecified atom stereocenters. The molecule has 0 atom stereocenters. The van der Waals surface area contributed by atoms with E-state index < -0.39 is 0 Å². The average Bonchev–Trinajstić information content (AvgIpc) is 2.82. The van der Waals surface area contributed by atoms with Crippen molar-refractivity contribution in [1.82, 2.24) is 10.3 Å². The number of amides is 1. The van der Waals surface area contributed by atoms with Crippen LogP contribution in [0.15, 0.2) is 76.2 Å². The molecule has 0 aliphatic rings. The molecule has 4 rings (SSSR count). The quantitative estimate of drug-likeness (QED) is 0.449. The van der Waals surface area contributed by atoms with E-state index in [1.165, 1.54) is 0 Å². The Kier molecular flexibility index (Phi) is 6.31. The first kappa shape index (κ1) is 21.3. The van der Waals surface area contributed by atoms with Crippen molar-refractivity contribution in [2.75, 3.05) is 6.61 Å². The van der Waals surface area contributed by atoms with Gasteiger partial charge >= 0.3 is 5.63 Å². The van der Waals surface area contributed by atoms with E-state index in [4.69, 9.17) is 9.15 Å². The highest BCUT2D eigenvalue weighted by Crippen LogP contribution is 2.30. The molecule has 1 amide bonds. The predicted octanol–water partition coefficient (Wildman–Crippen LogP) is 4.09. The minimum Gasteiger partial charge on any atom is -0.483 e. The van der Waals surface area contributed by atoms with Crippen molar-refractivity contribution in [3.05, 3.63) is 105 Å². The maximum Gasteiger partial charge on any atom is 0.340 e. The zero-order valence-corrected chi connectivity index (χ0v) is 18.1. The van der Waals surface area contributed by atoms with E-state index in [-0.39, 0.29) is 18.1 Å². The first-order chi connectivity index (χ1) is 15.5. The van der Waals surface area contributed by atoms with Crippen molar-refractivity contribution in [1.29, 1.82) is 0 Å². The summed E-state index contributed by atoms with van der Waals surface area (Å²) in [7, 11) is 0. The van der Waals surface area contributed by atoms with E-state index in [2.05, 4.69) is 10.3 Å². The normalized spacial score (nSPS) is 10.8. The van der Waals surface area contributed by atoms with Crippen molar-refractivity contribution in [3.8, 4) is 5.75 Å². The maximum atomic E-state index is 12.7. The standard InChI is InChI=1S/C26H24N2O4/c1-17-21-8-9-23(31-16-24(29)28-15-20-10-12-27-13-11-20)18(2)25(21)32-26(30)22(17)14-19-6-4-3-5-7-19/h3-13H,14-16H2,1-2H3,(H,28,29). The van der Waals surface area contributed by atoms with Crippen LogP contribution in [0.1, 0.15) is 27.8 Å². The van der Waals surface area contributed by atoms with Gasteiger partial charge in [-0.25, -0.2) is 4.79 Å². The van der Waals surface area contributed by atoms with E-state index in [0.717, 1.165) is 22.1 Å². The fraction of sp³-hybridized carbons (Fsp3) is 0.192. The van der Waals surface area contributed by atoms with Crippen LogP contribution in [-0.4, -0.2) is 17.5 Å². The first-order valence-electron chi connectivity index (χ1n) is 10.4. The Morgan fingerprint density at radius 1 is 0.969 bits per heavy atom. The summed E-state index contributed by atoms with van der Waals surface area (Å²) in [5.74, 6) is 0.270. The molecule has 0 aliphatic carbocycles. The van der Waals surface area contributed by atoms with Gasteiger partial charge in [0, 0.05) is 41.9 Å². The van der Waals surface area contributed by atoms with Crippen LogP contribution in [0.25, 0.3) is 11.0 Å². The van der Waals surface area contributed by atoms with Gasteiger partial charge in [-0.15, -0.1) is 0 Å². The lowest BCUT2D eigenvalue weighted by atomic mass is 9.98. The molecule has 6 nitrogen and oxygen atoms in total. The van der Waals surface area contributed by atoms with Crippen molar-refractivity contribution < 1.29 is 13.9 Å². The maximum absolute atomic E-state index is 12.7. The van der Waals surface area contributed by atoms with Gasteiger partial charge in [0.05, 0.1) is 0 Å². The number of benzene rings is 2. The Labute approximate surface area is 185 Å². The number of pyridine rings is 1. The molecular weight excluding hydrogens is 404 g/mol. The van der Waals surface area contributed by atoms with E-state index in [9.17, 15) is 9.59 Å². The Balaban J connectivity index is 1.50. The summed E-state index contributed by atoms with van der Waals surface area (Å²) >= 11 is 0. The second-order valence-electron chi connectivity index (χ2n) is 7.64. The van der Waals surface area contributed by atoms with Crippen LogP contribution in [0.5, 0.6) is 5.75 Å². The fourth-order valence-corrected chi connectivity index (χ4v) is 3.63. The number of carbonyl (C=O) groups excluding carboxylic acids is 1. The van der Waals surface area contributed by atoms with Crippen LogP contribution in [0.4, 0.5) is 0 Å². The summed E-state index contributed by atoms with van der Waals surface area (Å²) in [5, 5.41) is 3.67. The van der Waals surface area contributed by atoms with Crippen molar-refractivity contribution in [3.63, 3.8) is 0 Å². The fourth-order valence-electron chi connectivity index (χ4n) is 3.63. The number of fused-ring (bicyclic) bond motifs is 1. The molecule has 6 heteroatoms. The molecule has 0 spiro atoms. The lowest BCUT2D eigenvalue weighted by Crippen LogP contribution is -2.28. The first-order valence-corrected chi connectivity index (χ1v) is 10.4. The van der Waals surface area contributed by atoms with Crippen LogP contribution < -0.4 is 15.7 Å². The third-order valence-electron chi connectivity index (χ3n) is 5.48. The molecule has 32 heavy (non-hydrogen) atoms. The van der Waals surface area contributed by atoms with Gasteiger partial charge in [-0.05, 0) is 54.8 Å². The van der Waals surface area contributed by atoms with E-state index in [1.54, 1.807) is 12.4 Å². The molecule has 2 aromatic carbocycles. The van der Waals surface area contributed by atoms with Crippen LogP contribution >= 0.6 is 0 Å². The monoisotopic (exact) mass is 428 g/mol. The van der Waals surface area contributed by atoms with Gasteiger partial charge in [0.2, 0.25) is 0 Å². The third kappa shape index (κ3) is 4.70. The largest absolute Gasteiger partial charge is 0.483 e. The number of aromatic nitrogens is 1. The molecule has 1 N–H and O–H groups in total. The minimum absolute atomic E-state index is 0.132. The number of ether oxygens (including phenoxy) is 1. The highest BCUT2D eigenvalue weighted by molar-refractivity contribution is 5.86. The van der Waals surface area contributed by atoms with Crippen LogP contribution in [0.2, 0.25) is 0 Å². The van der Waals surface area contributed by atoms with Gasteiger partial charge in [0.1, 0.15) is 11.3 Å². The van der Waals surface area contributed by atoms with Crippen molar-refractivity contribution in [2.24, 2.45) is 0 Å². The molecule has 0 fully saturated rings. The molecule has 0 aliphatic heterocycles. The zero-order chi connectivity index (χ0) is 22.5. The molecule has 2 aromatic heterocycles. The lowest BCUT2D eigenvalue weighted by molar-refractivity contribution is -0.123. The number of hydrogen-bond donors (Lipinski definition) is 1. The van der Waals surface area contributed by atoms with E-state index in [0.29, 0.717) is 35.4 Å². The number of nitrogens with one attached hydrogen (secondary N) is 1. The molecule has 2 heterocycles. The number of rotatable bonds is 7. The van der Waals surface area contributed by atoms with Crippen molar-refractivity contribution >= 4 is 16.9 Å². The van der Waals surface area contributed by atoms with Crippen LogP contribution in [0.3, 0.4) is 0 Å². The summed E-state index contributed by atoms with van der Waals surface area (Å²) < 4.78 is 11.4. The summed E-state index contributed by atoms with van der Waals surface area (Å²) in [6.45, 7) is 4.03. The second-order valence-corrected chi connectivity index (χ2v) is 7.64. The number of aryl methyl sites for hydroxylation is 2. The summed E-state index contributed by atoms with van der Waals surface area (Å²) in [5.41, 5.74) is 4.37. The second kappa shape index (κ2) is 9.47. The molecular formula is C26H24N2O4. The smallest absolute Gasteiger partial charge is 0.340 e. The van der Waals surface area contributed by atoms with Crippen LogP contribution in [0, 0.1) is 13.8 Å². The minimum atomic E-state index is -0.353. The number of nitrogens with zero attached hydrogens (tertiary/aromatic N) is 1. The predicted molar refractivity (Wildman–Crippen MR) is 123 cm³/mol. The Bertz CT molecular complexity index is 1300. The Morgan fingerprint density at radius 2 is 1.72 bits per heavy atom. The lowest BCUT2D eigenvalue weighted by Gasteiger charge is -2.13. The number of hydrogen-bond acceptors (Lipinski definition) is 5. The molecule has 0 saturated carbocycles. The molecule has 0 radical (unpaired) electrons. The summed E-state index contributed by atoms with van der Waals surface area (Å²) in [6, 6.07) is 17.2. The SMILES string of the molecule is Cc1c(Cc2ccccc2)c(=O)oc2c(C)c(OCC(=O)NCc3ccncc3)ccc12. The van der Waals surface area contributed by atoms with Crippen LogP contribution in [-0.2, 0) is 17.8 Å². The van der Waals surface area contributed by atoms with Gasteiger partial charge in [0.25, 0.3) is 5.91 Å². The van der Waals surface area contributed by atoms with E-state index >= 15 is 0 Å². The van der Waals surface area contributed by atoms with Crippen molar-refractivity contribution in [2.45, 2.75) is 26.8 Å². The van der Waals surface area contributed by atoms with E-state index in [1.807, 2.05) is 68.4 Å². The Morgan fingerprint density at radius 3 is 2.47 bits per heavy atom. The van der Waals surface area contributed by atoms with Gasteiger partial charge < -0.3 is 14.5 Å². The van der Waals surface area contributed by atoms with Gasteiger partial charge in [-0.2, -0.15) is 0 Å². The molecule has 0 bridgehead atoms.